The monoisotopic (exact) mass is 554 g/mol. The van der Waals surface area contributed by atoms with Gasteiger partial charge in [-0.3, -0.25) is 14.4 Å². The molecule has 2 aromatic heterocycles. The molecule has 41 heavy (non-hydrogen) atoms. The average molecular weight is 555 g/mol. The Balaban J connectivity index is 1.22. The second-order valence-electron chi connectivity index (χ2n) is 11.0. The number of nitrogens with one attached hydrogen (secondary N) is 2. The highest BCUT2D eigenvalue weighted by Crippen LogP contribution is 2.40. The number of ether oxygens (including phenoxy) is 1. The van der Waals surface area contributed by atoms with Gasteiger partial charge in [-0.25, -0.2) is 15.0 Å². The number of amides is 3. The Hall–Kier alpha value is -4.79. The minimum absolute atomic E-state index is 0.0158. The Morgan fingerprint density at radius 1 is 1.24 bits per heavy atom. The first kappa shape index (κ1) is 26.4. The van der Waals surface area contributed by atoms with Gasteiger partial charge in [0.25, 0.3) is 5.91 Å². The number of hydrogen-bond acceptors (Lipinski definition) is 9. The van der Waals surface area contributed by atoms with Crippen molar-refractivity contribution in [1.29, 1.82) is 5.26 Å². The molecule has 12 heteroatoms. The summed E-state index contributed by atoms with van der Waals surface area (Å²) in [5.74, 6) is 0.421. The minimum Gasteiger partial charge on any atom is -0.472 e. The molecule has 0 radical (unpaired) electrons. The number of nitriles is 1. The highest BCUT2D eigenvalue weighted by atomic mass is 16.5. The molecule has 1 aromatic carbocycles. The molecule has 4 atom stereocenters. The molecule has 6 rings (SSSR count). The number of benzene rings is 1. The van der Waals surface area contributed by atoms with E-state index in [1.54, 1.807) is 32.3 Å². The van der Waals surface area contributed by atoms with Crippen molar-refractivity contribution < 1.29 is 19.1 Å². The molecule has 3 aliphatic rings. The average Bonchev–Trinajstić information content (AvgIpc) is 3.74. The van der Waals surface area contributed by atoms with Crippen molar-refractivity contribution in [2.75, 3.05) is 24.2 Å². The van der Waals surface area contributed by atoms with Gasteiger partial charge < -0.3 is 25.2 Å². The zero-order chi connectivity index (χ0) is 28.7. The first-order chi connectivity index (χ1) is 19.8. The maximum absolute atomic E-state index is 14.1. The Morgan fingerprint density at radius 2 is 2.05 bits per heavy atom. The van der Waals surface area contributed by atoms with E-state index in [0.29, 0.717) is 29.7 Å². The van der Waals surface area contributed by atoms with E-state index in [2.05, 4.69) is 31.7 Å². The summed E-state index contributed by atoms with van der Waals surface area (Å²) in [5.41, 5.74) is -0.667. The van der Waals surface area contributed by atoms with Crippen LogP contribution in [-0.2, 0) is 14.4 Å². The maximum atomic E-state index is 14.1. The molecule has 1 aliphatic carbocycles. The standard InChI is InChI=1S/C29H30N8O4/c1-17(34-24-20-6-3-4-7-21(20)32-16-33-24)26(38)36(2)22(12-18-9-10-18)27(39)37-15-29(13-19(37)14-30)28(40)35-25-23(41-29)8-5-11-31-25/h3-8,11,16-19,22H,9-10,12-13,15H2,1-2H3,(H,31,35,40)(H,32,33,34)/t17-,19-,22-,29+/m0/s1. The minimum atomic E-state index is -1.41. The molecule has 2 N–H and O–H groups in total. The van der Waals surface area contributed by atoms with E-state index in [1.807, 2.05) is 24.3 Å². The van der Waals surface area contributed by atoms with Crippen molar-refractivity contribution in [1.82, 2.24) is 24.8 Å². The summed E-state index contributed by atoms with van der Waals surface area (Å²) in [6.07, 6.45) is 5.43. The van der Waals surface area contributed by atoms with Gasteiger partial charge in [0.05, 0.1) is 18.1 Å². The van der Waals surface area contributed by atoms with Crippen LogP contribution >= 0.6 is 0 Å². The molecule has 0 bridgehead atoms. The lowest BCUT2D eigenvalue weighted by Gasteiger charge is -2.35. The summed E-state index contributed by atoms with van der Waals surface area (Å²) in [6.45, 7) is 1.62. The summed E-state index contributed by atoms with van der Waals surface area (Å²) in [4.78, 5) is 56.5. The fourth-order valence-corrected chi connectivity index (χ4v) is 5.63. The lowest BCUT2D eigenvalue weighted by atomic mass is 9.97. The van der Waals surface area contributed by atoms with Crippen LogP contribution in [-0.4, -0.2) is 79.8 Å². The number of likely N-dealkylation sites (tertiary alicyclic amines) is 1. The van der Waals surface area contributed by atoms with Crippen LogP contribution in [0.1, 0.15) is 32.6 Å². The van der Waals surface area contributed by atoms with E-state index in [9.17, 15) is 19.6 Å². The fourth-order valence-electron chi connectivity index (χ4n) is 5.63. The van der Waals surface area contributed by atoms with Crippen molar-refractivity contribution in [2.45, 2.75) is 56.3 Å². The molecule has 2 fully saturated rings. The normalized spacial score (nSPS) is 22.7. The number of aromatic nitrogens is 3. The highest BCUT2D eigenvalue weighted by Gasteiger charge is 2.56. The third-order valence-corrected chi connectivity index (χ3v) is 8.10. The molecule has 4 heterocycles. The zero-order valence-corrected chi connectivity index (χ0v) is 22.8. The number of likely N-dealkylation sites (N-methyl/N-ethyl adjacent to an activating group) is 1. The van der Waals surface area contributed by atoms with Gasteiger partial charge in [-0.15, -0.1) is 0 Å². The Kier molecular flexibility index (Phi) is 6.65. The van der Waals surface area contributed by atoms with E-state index in [0.717, 1.165) is 23.7 Å². The van der Waals surface area contributed by atoms with E-state index >= 15 is 0 Å². The summed E-state index contributed by atoms with van der Waals surface area (Å²) >= 11 is 0. The fraction of sp³-hybridized carbons (Fsp3) is 0.414. The number of carbonyl (C=O) groups excluding carboxylic acids is 3. The molecule has 12 nitrogen and oxygen atoms in total. The molecule has 2 aliphatic heterocycles. The van der Waals surface area contributed by atoms with Gasteiger partial charge in [0, 0.05) is 25.1 Å². The van der Waals surface area contributed by atoms with Crippen LogP contribution in [0.5, 0.6) is 5.75 Å². The first-order valence-corrected chi connectivity index (χ1v) is 13.7. The molecule has 1 saturated heterocycles. The third kappa shape index (κ3) is 4.88. The van der Waals surface area contributed by atoms with Gasteiger partial charge in [-0.2, -0.15) is 5.26 Å². The number of rotatable bonds is 7. The van der Waals surface area contributed by atoms with Crippen LogP contribution in [0, 0.1) is 17.2 Å². The van der Waals surface area contributed by atoms with Gasteiger partial charge >= 0.3 is 0 Å². The van der Waals surface area contributed by atoms with E-state index in [4.69, 9.17) is 4.74 Å². The number of fused-ring (bicyclic) bond motifs is 2. The van der Waals surface area contributed by atoms with E-state index < -0.39 is 29.6 Å². The summed E-state index contributed by atoms with van der Waals surface area (Å²) in [7, 11) is 1.61. The first-order valence-electron chi connectivity index (χ1n) is 13.7. The smallest absolute Gasteiger partial charge is 0.271 e. The topological polar surface area (TPSA) is 153 Å². The second-order valence-corrected chi connectivity index (χ2v) is 11.0. The van der Waals surface area contributed by atoms with Gasteiger partial charge in [-0.1, -0.05) is 25.0 Å². The number of anilines is 2. The van der Waals surface area contributed by atoms with Crippen LogP contribution < -0.4 is 15.4 Å². The summed E-state index contributed by atoms with van der Waals surface area (Å²) < 4.78 is 6.10. The van der Waals surface area contributed by atoms with Crippen molar-refractivity contribution in [3.8, 4) is 11.8 Å². The molecule has 0 unspecified atom stereocenters. The number of para-hydroxylation sites is 1. The predicted molar refractivity (Wildman–Crippen MR) is 148 cm³/mol. The molecular formula is C29H30N8O4. The van der Waals surface area contributed by atoms with Gasteiger partial charge in [0.2, 0.25) is 17.4 Å². The molecule has 1 spiro atoms. The van der Waals surface area contributed by atoms with Gasteiger partial charge in [-0.05, 0) is 43.5 Å². The SMILES string of the molecule is C[C@H](Nc1ncnc2ccccc12)C(=O)N(C)[C@@H](CC1CC1)C(=O)N1C[C@@]2(C[C@H]1C#N)Oc1cccnc1NC2=O. The number of nitrogens with zero attached hydrogens (tertiary/aromatic N) is 6. The van der Waals surface area contributed by atoms with Crippen LogP contribution in [0.15, 0.2) is 48.9 Å². The Bertz CT molecular complexity index is 1560. The predicted octanol–water partition coefficient (Wildman–Crippen LogP) is 2.35. The Labute approximate surface area is 236 Å². The molecule has 3 amide bonds. The quantitative estimate of drug-likeness (QED) is 0.448. The van der Waals surface area contributed by atoms with Crippen LogP contribution in [0.3, 0.4) is 0 Å². The van der Waals surface area contributed by atoms with Crippen molar-refractivity contribution in [3.63, 3.8) is 0 Å². The molecule has 1 saturated carbocycles. The third-order valence-electron chi connectivity index (χ3n) is 8.10. The van der Waals surface area contributed by atoms with Crippen LogP contribution in [0.2, 0.25) is 0 Å². The van der Waals surface area contributed by atoms with Crippen molar-refractivity contribution in [2.24, 2.45) is 5.92 Å². The van der Waals surface area contributed by atoms with Crippen LogP contribution in [0.25, 0.3) is 10.9 Å². The summed E-state index contributed by atoms with van der Waals surface area (Å²) in [5, 5.41) is 16.7. The number of carbonyl (C=O) groups is 3. The number of hydrogen-bond donors (Lipinski definition) is 2. The van der Waals surface area contributed by atoms with E-state index in [1.165, 1.54) is 16.1 Å². The van der Waals surface area contributed by atoms with Crippen molar-refractivity contribution >= 4 is 40.3 Å². The second kappa shape index (κ2) is 10.3. The molecule has 3 aromatic rings. The highest BCUT2D eigenvalue weighted by molar-refractivity contribution is 6.01. The lowest BCUT2D eigenvalue weighted by molar-refractivity contribution is -0.146. The zero-order valence-electron chi connectivity index (χ0n) is 22.8. The van der Waals surface area contributed by atoms with Gasteiger partial charge in [0.15, 0.2) is 11.6 Å². The van der Waals surface area contributed by atoms with E-state index in [-0.39, 0.29) is 24.8 Å². The van der Waals surface area contributed by atoms with Crippen molar-refractivity contribution in [3.05, 3.63) is 48.9 Å². The largest absolute Gasteiger partial charge is 0.472 e. The summed E-state index contributed by atoms with van der Waals surface area (Å²) in [6, 6.07) is 10.7. The Morgan fingerprint density at radius 3 is 2.83 bits per heavy atom. The van der Waals surface area contributed by atoms with Crippen LogP contribution in [0.4, 0.5) is 11.6 Å². The van der Waals surface area contributed by atoms with Gasteiger partial charge in [0.1, 0.15) is 30.3 Å². The lowest BCUT2D eigenvalue weighted by Crippen LogP contribution is -2.56. The number of pyridine rings is 1. The molecular weight excluding hydrogens is 524 g/mol. The molecule has 210 valence electrons. The maximum Gasteiger partial charge on any atom is 0.271 e.